The van der Waals surface area contributed by atoms with Crippen molar-refractivity contribution in [2.75, 3.05) is 6.54 Å². The maximum absolute atomic E-state index is 4.51. The van der Waals surface area contributed by atoms with Crippen molar-refractivity contribution in [3.05, 3.63) is 15.6 Å². The smallest absolute Gasteiger partial charge is 0.0900 e. The molecule has 0 spiro atoms. The lowest BCUT2D eigenvalue weighted by Gasteiger charge is -2.23. The van der Waals surface area contributed by atoms with E-state index < -0.39 is 0 Å². The Hall–Kier alpha value is -0.410. The first-order valence-corrected chi connectivity index (χ1v) is 6.59. The average molecular weight is 226 g/mol. The molecule has 0 saturated heterocycles. The molecule has 0 radical (unpaired) electrons. The zero-order valence-corrected chi connectivity index (χ0v) is 11.2. The van der Waals surface area contributed by atoms with Gasteiger partial charge in [0, 0.05) is 10.9 Å². The van der Waals surface area contributed by atoms with Crippen LogP contribution in [0.25, 0.3) is 0 Å². The van der Waals surface area contributed by atoms with E-state index in [1.165, 1.54) is 22.0 Å². The SMILES string of the molecule is CCNC(c1sc(C)nc1C)C(C)CC. The highest BCUT2D eigenvalue weighted by atomic mass is 32.1. The van der Waals surface area contributed by atoms with Gasteiger partial charge in [-0.1, -0.05) is 27.2 Å². The van der Waals surface area contributed by atoms with Crippen LogP contribution in [0, 0.1) is 19.8 Å². The van der Waals surface area contributed by atoms with E-state index in [0.717, 1.165) is 6.54 Å². The van der Waals surface area contributed by atoms with Gasteiger partial charge in [-0.05, 0) is 26.3 Å². The molecule has 1 heterocycles. The average Bonchev–Trinajstić information content (AvgIpc) is 2.53. The largest absolute Gasteiger partial charge is 0.309 e. The third kappa shape index (κ3) is 3.02. The molecule has 0 bridgehead atoms. The molecule has 0 aliphatic carbocycles. The summed E-state index contributed by atoms with van der Waals surface area (Å²) >= 11 is 1.83. The lowest BCUT2D eigenvalue weighted by Crippen LogP contribution is -2.26. The molecule has 1 aromatic rings. The van der Waals surface area contributed by atoms with E-state index in [1.54, 1.807) is 0 Å². The van der Waals surface area contributed by atoms with Crippen LogP contribution in [0.4, 0.5) is 0 Å². The van der Waals surface area contributed by atoms with Crippen LogP contribution in [0.3, 0.4) is 0 Å². The fourth-order valence-corrected chi connectivity index (χ4v) is 2.98. The second-order valence-electron chi connectivity index (χ2n) is 4.10. The lowest BCUT2D eigenvalue weighted by atomic mass is 9.97. The maximum atomic E-state index is 4.51. The summed E-state index contributed by atoms with van der Waals surface area (Å²) in [7, 11) is 0. The minimum Gasteiger partial charge on any atom is -0.309 e. The van der Waals surface area contributed by atoms with Crippen molar-refractivity contribution in [1.82, 2.24) is 10.3 Å². The molecule has 1 rings (SSSR count). The molecule has 0 saturated carbocycles. The number of nitrogens with one attached hydrogen (secondary N) is 1. The highest BCUT2D eigenvalue weighted by Crippen LogP contribution is 2.31. The van der Waals surface area contributed by atoms with Gasteiger partial charge in [-0.15, -0.1) is 11.3 Å². The Morgan fingerprint density at radius 3 is 2.40 bits per heavy atom. The number of aryl methyl sites for hydroxylation is 2. The van der Waals surface area contributed by atoms with Gasteiger partial charge >= 0.3 is 0 Å². The quantitative estimate of drug-likeness (QED) is 0.831. The van der Waals surface area contributed by atoms with Gasteiger partial charge < -0.3 is 5.32 Å². The van der Waals surface area contributed by atoms with Crippen LogP contribution in [-0.2, 0) is 0 Å². The Labute approximate surface area is 97.1 Å². The summed E-state index contributed by atoms with van der Waals surface area (Å²) in [6, 6.07) is 0.478. The first-order valence-electron chi connectivity index (χ1n) is 5.77. The molecular weight excluding hydrogens is 204 g/mol. The number of thiazole rings is 1. The minimum absolute atomic E-state index is 0.478. The van der Waals surface area contributed by atoms with E-state index in [0.29, 0.717) is 12.0 Å². The lowest BCUT2D eigenvalue weighted by molar-refractivity contribution is 0.387. The summed E-state index contributed by atoms with van der Waals surface area (Å²) in [5.74, 6) is 0.670. The molecule has 0 amide bonds. The molecule has 2 atom stereocenters. The monoisotopic (exact) mass is 226 g/mol. The molecule has 3 heteroatoms. The Balaban J connectivity index is 2.92. The fraction of sp³-hybridized carbons (Fsp3) is 0.750. The molecule has 86 valence electrons. The predicted molar refractivity (Wildman–Crippen MR) is 67.5 cm³/mol. The van der Waals surface area contributed by atoms with Crippen molar-refractivity contribution >= 4 is 11.3 Å². The van der Waals surface area contributed by atoms with Gasteiger partial charge in [0.25, 0.3) is 0 Å². The van der Waals surface area contributed by atoms with Gasteiger partial charge in [-0.25, -0.2) is 4.98 Å². The van der Waals surface area contributed by atoms with Gasteiger partial charge in [0.1, 0.15) is 0 Å². The van der Waals surface area contributed by atoms with Gasteiger partial charge in [0.2, 0.25) is 0 Å². The topological polar surface area (TPSA) is 24.9 Å². The third-order valence-corrected chi connectivity index (χ3v) is 4.01. The van der Waals surface area contributed by atoms with Gasteiger partial charge in [0.15, 0.2) is 0 Å². The van der Waals surface area contributed by atoms with Gasteiger partial charge in [-0.3, -0.25) is 0 Å². The van der Waals surface area contributed by atoms with Crippen molar-refractivity contribution in [3.8, 4) is 0 Å². The van der Waals surface area contributed by atoms with Gasteiger partial charge in [-0.2, -0.15) is 0 Å². The highest BCUT2D eigenvalue weighted by Gasteiger charge is 2.21. The van der Waals surface area contributed by atoms with Crippen molar-refractivity contribution in [2.45, 2.75) is 47.1 Å². The Bertz CT molecular complexity index is 307. The van der Waals surface area contributed by atoms with Crippen LogP contribution >= 0.6 is 11.3 Å². The normalized spacial score (nSPS) is 15.3. The first kappa shape index (κ1) is 12.7. The van der Waals surface area contributed by atoms with Crippen molar-refractivity contribution < 1.29 is 0 Å². The summed E-state index contributed by atoms with van der Waals surface area (Å²) in [5.41, 5.74) is 1.20. The van der Waals surface area contributed by atoms with E-state index in [4.69, 9.17) is 0 Å². The molecule has 0 aliphatic heterocycles. The molecule has 2 nitrogen and oxygen atoms in total. The summed E-state index contributed by atoms with van der Waals surface area (Å²) in [6.45, 7) is 11.9. The molecule has 0 fully saturated rings. The van der Waals surface area contributed by atoms with Crippen LogP contribution in [0.1, 0.15) is 48.8 Å². The van der Waals surface area contributed by atoms with Gasteiger partial charge in [0.05, 0.1) is 10.7 Å². The molecule has 0 aliphatic rings. The minimum atomic E-state index is 0.478. The van der Waals surface area contributed by atoms with Crippen LogP contribution in [-0.4, -0.2) is 11.5 Å². The highest BCUT2D eigenvalue weighted by molar-refractivity contribution is 7.11. The summed E-state index contributed by atoms with van der Waals surface area (Å²) in [4.78, 5) is 5.93. The predicted octanol–water partition coefficient (Wildman–Crippen LogP) is 3.46. The van der Waals surface area contributed by atoms with Crippen LogP contribution in [0.15, 0.2) is 0 Å². The van der Waals surface area contributed by atoms with E-state index in [2.05, 4.69) is 44.9 Å². The maximum Gasteiger partial charge on any atom is 0.0900 e. The molecule has 1 aromatic heterocycles. The zero-order valence-electron chi connectivity index (χ0n) is 10.4. The van der Waals surface area contributed by atoms with E-state index in [-0.39, 0.29) is 0 Å². The molecule has 1 N–H and O–H groups in total. The zero-order chi connectivity index (χ0) is 11.4. The standard InChI is InChI=1S/C12H22N2S/c1-6-8(3)11(13-7-2)12-9(4)14-10(5)15-12/h8,11,13H,6-7H2,1-5H3. The molecule has 2 unspecified atom stereocenters. The van der Waals surface area contributed by atoms with E-state index >= 15 is 0 Å². The molecule has 0 aromatic carbocycles. The molecular formula is C12H22N2S. The Morgan fingerprint density at radius 2 is 2.00 bits per heavy atom. The second kappa shape index (κ2) is 5.61. The summed E-state index contributed by atoms with van der Waals surface area (Å²) in [6.07, 6.45) is 1.20. The van der Waals surface area contributed by atoms with Crippen molar-refractivity contribution in [2.24, 2.45) is 5.92 Å². The Kier molecular flexibility index (Phi) is 4.74. The van der Waals surface area contributed by atoms with E-state index in [9.17, 15) is 0 Å². The number of hydrogen-bond acceptors (Lipinski definition) is 3. The van der Waals surface area contributed by atoms with E-state index in [1.807, 2.05) is 11.3 Å². The number of rotatable bonds is 5. The van der Waals surface area contributed by atoms with Crippen LogP contribution < -0.4 is 5.32 Å². The van der Waals surface area contributed by atoms with Crippen molar-refractivity contribution in [1.29, 1.82) is 0 Å². The fourth-order valence-electron chi connectivity index (χ4n) is 1.84. The number of aromatic nitrogens is 1. The second-order valence-corrected chi connectivity index (χ2v) is 5.34. The first-order chi connectivity index (χ1) is 7.10. The van der Waals surface area contributed by atoms with Crippen LogP contribution in [0.2, 0.25) is 0 Å². The summed E-state index contributed by atoms with van der Waals surface area (Å²) < 4.78 is 0. The number of hydrogen-bond donors (Lipinski definition) is 1. The molecule has 15 heavy (non-hydrogen) atoms. The Morgan fingerprint density at radius 1 is 1.33 bits per heavy atom. The third-order valence-electron chi connectivity index (χ3n) is 2.86. The van der Waals surface area contributed by atoms with Crippen LogP contribution in [0.5, 0.6) is 0 Å². The summed E-state index contributed by atoms with van der Waals surface area (Å²) in [5, 5.41) is 4.75. The number of nitrogens with zero attached hydrogens (tertiary/aromatic N) is 1. The van der Waals surface area contributed by atoms with Crippen molar-refractivity contribution in [3.63, 3.8) is 0 Å².